The van der Waals surface area contributed by atoms with Crippen molar-refractivity contribution in [3.63, 3.8) is 0 Å². The Morgan fingerprint density at radius 3 is 1.00 bits per heavy atom. The van der Waals surface area contributed by atoms with Gasteiger partial charge >= 0.3 is 5.97 Å². The molecule has 3 aliphatic heterocycles. The van der Waals surface area contributed by atoms with Gasteiger partial charge in [-0.2, -0.15) is 0 Å². The molecule has 3 heterocycles. The van der Waals surface area contributed by atoms with Gasteiger partial charge < -0.3 is 56.8 Å². The van der Waals surface area contributed by atoms with Gasteiger partial charge in [0.05, 0.1) is 59.5 Å². The third-order valence-electron chi connectivity index (χ3n) is 13.6. The number of hydrogen-bond donors (Lipinski definition) is 0. The van der Waals surface area contributed by atoms with E-state index in [1.165, 1.54) is 6.92 Å². The van der Waals surface area contributed by atoms with Crippen LogP contribution in [0, 0.1) is 0 Å². The van der Waals surface area contributed by atoms with Gasteiger partial charge in [0.1, 0.15) is 48.8 Å². The molecule has 17 heteroatoms. The minimum atomic E-state index is -2.22. The van der Waals surface area contributed by atoms with Gasteiger partial charge in [0.15, 0.2) is 42.8 Å². The summed E-state index contributed by atoms with van der Waals surface area (Å²) in [6.45, 7) is 0.700. The highest BCUT2D eigenvalue weighted by atomic mass is 35.5. The van der Waals surface area contributed by atoms with Crippen LogP contribution in [0.4, 0.5) is 13.2 Å². The van der Waals surface area contributed by atoms with Crippen LogP contribution in [-0.2, 0) is 101 Å². The van der Waals surface area contributed by atoms with Crippen molar-refractivity contribution in [3.05, 3.63) is 215 Å². The first-order chi connectivity index (χ1) is 38.7. The summed E-state index contributed by atoms with van der Waals surface area (Å²) in [6.07, 6.45) is -22.3. The largest absolute Gasteiger partial charge is 0.457 e. The van der Waals surface area contributed by atoms with Crippen molar-refractivity contribution >= 4 is 17.6 Å². The van der Waals surface area contributed by atoms with Crippen molar-refractivity contribution in [3.8, 4) is 0 Å². The van der Waals surface area contributed by atoms with Crippen LogP contribution in [0.15, 0.2) is 182 Å². The van der Waals surface area contributed by atoms with Gasteiger partial charge in [0.2, 0.25) is 0 Å². The predicted molar refractivity (Wildman–Crippen MR) is 285 cm³/mol. The number of carbonyl (C=O) groups is 1. The van der Waals surface area contributed by atoms with Gasteiger partial charge in [-0.15, -0.1) is 0 Å². The Balaban J connectivity index is 1.05. The molecular formula is C62H66ClF3O13. The van der Waals surface area contributed by atoms with Crippen LogP contribution >= 0.6 is 11.6 Å². The first kappa shape index (κ1) is 58.1. The number of alkyl halides is 4. The monoisotopic (exact) mass is 1110 g/mol. The lowest BCUT2D eigenvalue weighted by Gasteiger charge is -2.49. The molecule has 3 aliphatic rings. The fourth-order valence-electron chi connectivity index (χ4n) is 9.66. The van der Waals surface area contributed by atoms with Crippen molar-refractivity contribution < 1.29 is 74.8 Å². The van der Waals surface area contributed by atoms with Gasteiger partial charge in [-0.05, 0) is 33.4 Å². The Hall–Kier alpha value is -5.57. The lowest BCUT2D eigenvalue weighted by molar-refractivity contribution is -0.368. The third kappa shape index (κ3) is 16.5. The Labute approximate surface area is 464 Å². The van der Waals surface area contributed by atoms with Crippen LogP contribution in [0.1, 0.15) is 40.3 Å². The summed E-state index contributed by atoms with van der Waals surface area (Å²) < 4.78 is 129. The summed E-state index contributed by atoms with van der Waals surface area (Å²) in [6, 6.07) is 55.4. The number of ether oxygens (including phenoxy) is 12. The number of hydrogen-bond acceptors (Lipinski definition) is 13. The van der Waals surface area contributed by atoms with E-state index in [2.05, 4.69) is 0 Å². The van der Waals surface area contributed by atoms with E-state index in [-0.39, 0.29) is 59.5 Å². The minimum Gasteiger partial charge on any atom is -0.457 e. The molecule has 3 saturated heterocycles. The Bertz CT molecular complexity index is 2680. The molecule has 0 aliphatic carbocycles. The van der Waals surface area contributed by atoms with E-state index >= 15 is 13.2 Å². The van der Waals surface area contributed by atoms with Gasteiger partial charge in [-0.3, -0.25) is 4.79 Å². The van der Waals surface area contributed by atoms with Crippen LogP contribution in [0.3, 0.4) is 0 Å². The van der Waals surface area contributed by atoms with Crippen molar-refractivity contribution in [1.82, 2.24) is 0 Å². The highest BCUT2D eigenvalue weighted by Gasteiger charge is 2.57. The van der Waals surface area contributed by atoms with Crippen LogP contribution in [0.25, 0.3) is 0 Å². The fraction of sp³-hybridized carbons (Fsp3) is 0.403. The summed E-state index contributed by atoms with van der Waals surface area (Å²) in [4.78, 5) is 12.8. The smallest absolute Gasteiger partial charge is 0.303 e. The molecular weight excluding hydrogens is 1050 g/mol. The molecule has 9 rings (SSSR count). The van der Waals surface area contributed by atoms with E-state index in [1.807, 2.05) is 170 Å². The molecule has 13 nitrogen and oxygen atoms in total. The van der Waals surface area contributed by atoms with Crippen LogP contribution < -0.4 is 0 Å². The molecule has 0 amide bonds. The zero-order chi connectivity index (χ0) is 54.8. The Morgan fingerprint density at radius 1 is 0.392 bits per heavy atom. The first-order valence-corrected chi connectivity index (χ1v) is 26.9. The number of rotatable bonds is 26. The summed E-state index contributed by atoms with van der Waals surface area (Å²) in [5.74, 6) is -0.708. The summed E-state index contributed by atoms with van der Waals surface area (Å²) in [7, 11) is 0. The Kier molecular flexibility index (Phi) is 21.9. The molecule has 0 bridgehead atoms. The molecule has 420 valence electrons. The topological polar surface area (TPSA) is 128 Å². The van der Waals surface area contributed by atoms with E-state index in [0.29, 0.717) is 5.56 Å². The summed E-state index contributed by atoms with van der Waals surface area (Å²) in [5.41, 5.74) is 3.17. The first-order valence-electron chi connectivity index (χ1n) is 26.5. The maximum Gasteiger partial charge on any atom is 0.303 e. The lowest BCUT2D eigenvalue weighted by atomic mass is 9.96. The minimum absolute atomic E-state index is 0.0509. The van der Waals surface area contributed by atoms with Gasteiger partial charge in [0, 0.05) is 6.92 Å². The normalized spacial score (nSPS) is 28.9. The number of benzene rings is 6. The molecule has 0 N–H and O–H groups in total. The van der Waals surface area contributed by atoms with E-state index in [9.17, 15) is 4.79 Å². The predicted octanol–water partition coefficient (Wildman–Crippen LogP) is 10.5. The summed E-state index contributed by atoms with van der Waals surface area (Å²) in [5, 5.41) is 0. The van der Waals surface area contributed by atoms with Crippen molar-refractivity contribution in [2.45, 2.75) is 138 Å². The highest BCUT2D eigenvalue weighted by molar-refractivity contribution is 6.20. The molecule has 0 spiro atoms. The van der Waals surface area contributed by atoms with E-state index in [4.69, 9.17) is 68.4 Å². The zero-order valence-electron chi connectivity index (χ0n) is 43.7. The van der Waals surface area contributed by atoms with Crippen LogP contribution in [0.5, 0.6) is 0 Å². The second-order valence-electron chi connectivity index (χ2n) is 19.5. The van der Waals surface area contributed by atoms with E-state index < -0.39 is 97.6 Å². The van der Waals surface area contributed by atoms with E-state index in [1.54, 1.807) is 12.1 Å². The molecule has 6 aromatic carbocycles. The van der Waals surface area contributed by atoms with Crippen molar-refractivity contribution in [2.24, 2.45) is 0 Å². The molecule has 0 aromatic heterocycles. The number of carbonyl (C=O) groups excluding carboxylic acids is 1. The molecule has 0 radical (unpaired) electrons. The molecule has 15 atom stereocenters. The average molecular weight is 1110 g/mol. The van der Waals surface area contributed by atoms with Crippen LogP contribution in [-0.4, -0.2) is 117 Å². The number of halogens is 4. The van der Waals surface area contributed by atoms with Crippen molar-refractivity contribution in [1.29, 1.82) is 0 Å². The SMILES string of the molecule is CC(=O)O[C@H]1[C@H](OCc2ccccc2)[C@@H](F)[C@@H](O[C@H]2[C@H](OCc3ccccc3)[C@@H](F)[C@@H](O[C@H]3[C@H](OCc4ccccc4)[C@@H](F)[C@@H](Cl)O[C@@H]3COCc3ccccc3)O[C@@H]2COCc2ccccc2)O[C@@H]1COCc1ccccc1. The molecule has 3 fully saturated rings. The fourth-order valence-corrected chi connectivity index (χ4v) is 9.93. The lowest BCUT2D eigenvalue weighted by Crippen LogP contribution is -2.66. The van der Waals surface area contributed by atoms with Crippen molar-refractivity contribution in [2.75, 3.05) is 19.8 Å². The van der Waals surface area contributed by atoms with Gasteiger partial charge in [-0.1, -0.05) is 194 Å². The second-order valence-corrected chi connectivity index (χ2v) is 19.9. The number of esters is 1. The third-order valence-corrected chi connectivity index (χ3v) is 14.0. The molecule has 6 aromatic rings. The second kappa shape index (κ2) is 29.8. The Morgan fingerprint density at radius 2 is 0.671 bits per heavy atom. The molecule has 0 unspecified atom stereocenters. The van der Waals surface area contributed by atoms with Gasteiger partial charge in [0.25, 0.3) is 0 Å². The highest BCUT2D eigenvalue weighted by Crippen LogP contribution is 2.39. The molecule has 0 saturated carbocycles. The van der Waals surface area contributed by atoms with Crippen LogP contribution in [0.2, 0.25) is 0 Å². The molecule has 79 heavy (non-hydrogen) atoms. The summed E-state index contributed by atoms with van der Waals surface area (Å²) >= 11 is 6.58. The quantitative estimate of drug-likeness (QED) is 0.0378. The zero-order valence-corrected chi connectivity index (χ0v) is 44.4. The maximum absolute atomic E-state index is 18.2. The van der Waals surface area contributed by atoms with Gasteiger partial charge in [-0.25, -0.2) is 13.2 Å². The maximum atomic E-state index is 18.2. The average Bonchev–Trinajstić information content (AvgIpc) is 3.47. The standard InChI is InChI=1S/C62H66ClF3O13/c1-41(67)74-54-49(39-69-33-43-22-10-3-11-23-43)76-61(52(65)58(54)72-36-46-28-16-6-17-29-46)79-56-50(40-70-34-44-24-12-4-13-25-44)77-62(53(66)59(56)73-37-47-30-18-7-19-31-47)78-55-48(38-68-32-42-20-8-2-9-21-42)75-60(63)51(64)57(55)71-35-45-26-14-5-15-27-45/h2-31,48-62H,32-40H2,1H3/t48-,49-,50-,51-,52-,53-,54-,55-,56-,57-,58-,59-,60+,61-,62-/m1/s1. The van der Waals surface area contributed by atoms with E-state index in [0.717, 1.165) is 27.8 Å².